The molecule has 1 saturated heterocycles. The van der Waals surface area contributed by atoms with Crippen LogP contribution < -0.4 is 11.2 Å². The zero-order valence-electron chi connectivity index (χ0n) is 16.9. The molecule has 0 amide bonds. The molecule has 8 heteroatoms. The standard InChI is InChI=1S/C23H22ClFN4O2/c24-17-6-4-15(5-7-17)23-11-16(23)12-28(14-23)9-2-10-29-13-19(21(30)27-22(29)31)18-3-1-8-26-20(18)25/h1,3-8,13,16H,2,9-12,14H2,(H,27,30,31)/t16-,23+/m1/s1. The van der Waals surface area contributed by atoms with E-state index in [0.29, 0.717) is 12.5 Å². The van der Waals surface area contributed by atoms with E-state index in [0.717, 1.165) is 31.1 Å². The Kier molecular flexibility index (Phi) is 5.02. The quantitative estimate of drug-likeness (QED) is 0.598. The molecule has 3 heterocycles. The minimum Gasteiger partial charge on any atom is -0.302 e. The molecule has 2 aliphatic rings. The van der Waals surface area contributed by atoms with E-state index in [1.165, 1.54) is 35.0 Å². The number of rotatable bonds is 6. The van der Waals surface area contributed by atoms with Crippen molar-refractivity contribution in [1.82, 2.24) is 19.4 Å². The molecule has 1 aliphatic carbocycles. The van der Waals surface area contributed by atoms with Crippen molar-refractivity contribution in [2.75, 3.05) is 19.6 Å². The fourth-order valence-corrected chi connectivity index (χ4v) is 5.03. The zero-order valence-corrected chi connectivity index (χ0v) is 17.6. The molecule has 5 rings (SSSR count). The molecule has 6 nitrogen and oxygen atoms in total. The third-order valence-electron chi connectivity index (χ3n) is 6.57. The van der Waals surface area contributed by atoms with E-state index in [9.17, 15) is 14.0 Å². The largest absolute Gasteiger partial charge is 0.328 e. The Morgan fingerprint density at radius 2 is 1.97 bits per heavy atom. The molecule has 0 radical (unpaired) electrons. The summed E-state index contributed by atoms with van der Waals surface area (Å²) < 4.78 is 15.5. The van der Waals surface area contributed by atoms with E-state index in [-0.39, 0.29) is 16.5 Å². The van der Waals surface area contributed by atoms with Crippen molar-refractivity contribution in [1.29, 1.82) is 0 Å². The Balaban J connectivity index is 1.25. The average Bonchev–Trinajstić information content (AvgIpc) is 3.32. The number of aromatic amines is 1. The van der Waals surface area contributed by atoms with Crippen molar-refractivity contribution in [2.24, 2.45) is 5.92 Å². The second-order valence-corrected chi connectivity index (χ2v) is 8.93. The summed E-state index contributed by atoms with van der Waals surface area (Å²) in [5, 5.41) is 0.754. The van der Waals surface area contributed by atoms with E-state index in [2.05, 4.69) is 27.0 Å². The highest BCUT2D eigenvalue weighted by atomic mass is 35.5. The van der Waals surface area contributed by atoms with Crippen LogP contribution in [0.4, 0.5) is 4.39 Å². The first-order valence-corrected chi connectivity index (χ1v) is 10.8. The summed E-state index contributed by atoms with van der Waals surface area (Å²) in [7, 11) is 0. The van der Waals surface area contributed by atoms with E-state index < -0.39 is 17.2 Å². The van der Waals surface area contributed by atoms with E-state index in [1.54, 1.807) is 6.07 Å². The fourth-order valence-electron chi connectivity index (χ4n) is 4.90. The lowest BCUT2D eigenvalue weighted by Crippen LogP contribution is -2.32. The van der Waals surface area contributed by atoms with Crippen LogP contribution in [0.25, 0.3) is 11.1 Å². The lowest BCUT2D eigenvalue weighted by molar-refractivity contribution is 0.287. The monoisotopic (exact) mass is 440 g/mol. The second-order valence-electron chi connectivity index (χ2n) is 8.49. The third kappa shape index (κ3) is 3.72. The van der Waals surface area contributed by atoms with Crippen LogP contribution in [0, 0.1) is 11.9 Å². The average molecular weight is 441 g/mol. The molecule has 2 fully saturated rings. The van der Waals surface area contributed by atoms with Crippen LogP contribution in [0.1, 0.15) is 18.4 Å². The number of pyridine rings is 1. The molecule has 160 valence electrons. The Morgan fingerprint density at radius 3 is 2.74 bits per heavy atom. The number of hydrogen-bond donors (Lipinski definition) is 1. The normalized spacial score (nSPS) is 22.5. The van der Waals surface area contributed by atoms with Gasteiger partial charge in [-0.15, -0.1) is 0 Å². The van der Waals surface area contributed by atoms with Gasteiger partial charge in [0.1, 0.15) is 0 Å². The van der Waals surface area contributed by atoms with Gasteiger partial charge in [-0.3, -0.25) is 14.3 Å². The lowest BCUT2D eigenvalue weighted by Gasteiger charge is -2.21. The van der Waals surface area contributed by atoms with Crippen LogP contribution in [0.15, 0.2) is 58.4 Å². The van der Waals surface area contributed by atoms with Gasteiger partial charge >= 0.3 is 5.69 Å². The van der Waals surface area contributed by atoms with E-state index in [1.807, 2.05) is 12.1 Å². The van der Waals surface area contributed by atoms with Crippen LogP contribution in [0.5, 0.6) is 0 Å². The molecule has 1 N–H and O–H groups in total. The van der Waals surface area contributed by atoms with Crippen LogP contribution in [-0.4, -0.2) is 39.1 Å². The summed E-state index contributed by atoms with van der Waals surface area (Å²) in [4.78, 5) is 32.7. The van der Waals surface area contributed by atoms with Gasteiger partial charge in [0.2, 0.25) is 5.95 Å². The van der Waals surface area contributed by atoms with Gasteiger partial charge in [-0.25, -0.2) is 9.78 Å². The number of H-pyrrole nitrogens is 1. The van der Waals surface area contributed by atoms with Crippen molar-refractivity contribution in [3.8, 4) is 11.1 Å². The smallest absolute Gasteiger partial charge is 0.302 e. The molecule has 3 aromatic rings. The predicted molar refractivity (Wildman–Crippen MR) is 117 cm³/mol. The number of likely N-dealkylation sites (tertiary alicyclic amines) is 1. The molecule has 1 aliphatic heterocycles. The summed E-state index contributed by atoms with van der Waals surface area (Å²) in [6, 6.07) is 11.2. The predicted octanol–water partition coefficient (Wildman–Crippen LogP) is 3.05. The minimum atomic E-state index is -0.734. The fraction of sp³-hybridized carbons (Fsp3) is 0.348. The second kappa shape index (κ2) is 7.73. The zero-order chi connectivity index (χ0) is 21.6. The molecule has 0 bridgehead atoms. The lowest BCUT2D eigenvalue weighted by atomic mass is 9.95. The molecule has 0 spiro atoms. The van der Waals surface area contributed by atoms with Crippen LogP contribution in [0.3, 0.4) is 0 Å². The molecule has 31 heavy (non-hydrogen) atoms. The minimum absolute atomic E-state index is 0.0852. The molecule has 1 saturated carbocycles. The summed E-state index contributed by atoms with van der Waals surface area (Å²) in [5.41, 5.74) is 0.683. The van der Waals surface area contributed by atoms with Gasteiger partial charge < -0.3 is 4.90 Å². The number of aromatic nitrogens is 3. The van der Waals surface area contributed by atoms with Crippen molar-refractivity contribution in [3.63, 3.8) is 0 Å². The Hall–Kier alpha value is -2.77. The van der Waals surface area contributed by atoms with E-state index >= 15 is 0 Å². The Morgan fingerprint density at radius 1 is 1.16 bits per heavy atom. The van der Waals surface area contributed by atoms with Crippen LogP contribution in [0.2, 0.25) is 5.02 Å². The third-order valence-corrected chi connectivity index (χ3v) is 6.82. The molecular formula is C23H22ClFN4O2. The number of nitrogens with one attached hydrogen (secondary N) is 1. The maximum absolute atomic E-state index is 14.0. The van der Waals surface area contributed by atoms with Gasteiger partial charge in [0, 0.05) is 48.0 Å². The molecule has 0 unspecified atom stereocenters. The Bertz CT molecular complexity index is 1240. The van der Waals surface area contributed by atoms with Gasteiger partial charge in [0.05, 0.1) is 5.56 Å². The number of nitrogens with zero attached hydrogens (tertiary/aromatic N) is 3. The summed E-state index contributed by atoms with van der Waals surface area (Å²) in [6.45, 7) is 3.36. The number of hydrogen-bond acceptors (Lipinski definition) is 4. The van der Waals surface area contributed by atoms with Gasteiger partial charge in [-0.2, -0.15) is 4.39 Å². The summed E-state index contributed by atoms with van der Waals surface area (Å²) >= 11 is 6.03. The highest BCUT2D eigenvalue weighted by Gasteiger charge is 2.60. The number of aryl methyl sites for hydroxylation is 1. The van der Waals surface area contributed by atoms with Crippen molar-refractivity contribution < 1.29 is 4.39 Å². The first kappa shape index (κ1) is 20.2. The first-order valence-electron chi connectivity index (χ1n) is 10.4. The maximum Gasteiger partial charge on any atom is 0.328 e. The van der Waals surface area contributed by atoms with Gasteiger partial charge in [-0.05, 0) is 55.1 Å². The van der Waals surface area contributed by atoms with Crippen molar-refractivity contribution in [2.45, 2.75) is 24.8 Å². The first-order chi connectivity index (χ1) is 15.0. The van der Waals surface area contributed by atoms with Gasteiger partial charge in [-0.1, -0.05) is 23.7 Å². The SMILES string of the molecule is O=c1[nH]c(=O)n(CCCN2C[C@H]3C[C@@]3(c3ccc(Cl)cc3)C2)cc1-c1cccnc1F. The summed E-state index contributed by atoms with van der Waals surface area (Å²) in [6.07, 6.45) is 4.72. The van der Waals surface area contributed by atoms with Gasteiger partial charge in [0.25, 0.3) is 5.56 Å². The van der Waals surface area contributed by atoms with Crippen molar-refractivity contribution in [3.05, 3.63) is 86.2 Å². The van der Waals surface area contributed by atoms with Crippen LogP contribution >= 0.6 is 11.6 Å². The Labute approximate surface area is 183 Å². The van der Waals surface area contributed by atoms with Crippen molar-refractivity contribution >= 4 is 11.6 Å². The maximum atomic E-state index is 14.0. The number of piperidine rings is 1. The molecular weight excluding hydrogens is 419 g/mol. The molecule has 1 aromatic carbocycles. The number of fused-ring (bicyclic) bond motifs is 1. The summed E-state index contributed by atoms with van der Waals surface area (Å²) in [5.74, 6) is -0.0633. The molecule has 2 atom stereocenters. The number of halogens is 2. The topological polar surface area (TPSA) is 71.0 Å². The van der Waals surface area contributed by atoms with Crippen LogP contribution in [-0.2, 0) is 12.0 Å². The highest BCUT2D eigenvalue weighted by molar-refractivity contribution is 6.30. The molecule has 2 aromatic heterocycles. The highest BCUT2D eigenvalue weighted by Crippen LogP contribution is 2.59. The van der Waals surface area contributed by atoms with E-state index in [4.69, 9.17) is 11.6 Å². The van der Waals surface area contributed by atoms with Gasteiger partial charge in [0.15, 0.2) is 0 Å². The number of benzene rings is 1.